The molecule has 98 valence electrons. The molecule has 6 N–H and O–H groups in total. The Morgan fingerprint density at radius 2 is 1.69 bits per heavy atom. The zero-order chi connectivity index (χ0) is 12.4. The van der Waals surface area contributed by atoms with Crippen LogP contribution in [0.5, 0.6) is 0 Å². The highest BCUT2D eigenvalue weighted by molar-refractivity contribution is 6.60. The van der Waals surface area contributed by atoms with Gasteiger partial charge in [0.1, 0.15) is 0 Å². The maximum absolute atomic E-state index is 5.86. The molecule has 0 aromatic heterocycles. The van der Waals surface area contributed by atoms with Crippen LogP contribution in [-0.4, -0.2) is 48.8 Å². The van der Waals surface area contributed by atoms with E-state index in [4.69, 9.17) is 30.5 Å². The van der Waals surface area contributed by atoms with Crippen molar-refractivity contribution in [1.82, 2.24) is 0 Å². The molecule has 0 heterocycles. The Morgan fingerprint density at radius 1 is 1.06 bits per heavy atom. The summed E-state index contributed by atoms with van der Waals surface area (Å²) < 4.78 is 16.7. The van der Waals surface area contributed by atoms with Gasteiger partial charge >= 0.3 is 8.80 Å². The van der Waals surface area contributed by atoms with E-state index in [1.165, 1.54) is 0 Å². The smallest absolute Gasteiger partial charge is 0.377 e. The first kappa shape index (κ1) is 16.0. The maximum atomic E-state index is 5.86. The van der Waals surface area contributed by atoms with Crippen LogP contribution in [0.25, 0.3) is 0 Å². The second-order valence-electron chi connectivity index (χ2n) is 3.54. The third-order valence-electron chi connectivity index (χ3n) is 2.41. The summed E-state index contributed by atoms with van der Waals surface area (Å²) in [6.07, 6.45) is 1.42. The molecular weight excluding hydrogens is 226 g/mol. The lowest BCUT2D eigenvalue weighted by Gasteiger charge is -2.30. The van der Waals surface area contributed by atoms with Gasteiger partial charge in [-0.2, -0.15) is 0 Å². The molecule has 0 aliphatic rings. The summed E-state index contributed by atoms with van der Waals surface area (Å²) in [7, 11) is 0.598. The van der Waals surface area contributed by atoms with Gasteiger partial charge in [-0.05, 0) is 25.9 Å². The molecule has 0 spiro atoms. The van der Waals surface area contributed by atoms with Crippen LogP contribution < -0.4 is 17.2 Å². The summed E-state index contributed by atoms with van der Waals surface area (Å²) in [5.74, 6) is 0. The van der Waals surface area contributed by atoms with Gasteiger partial charge in [0, 0.05) is 26.8 Å². The van der Waals surface area contributed by atoms with Crippen LogP contribution in [0.15, 0.2) is 0 Å². The van der Waals surface area contributed by atoms with Gasteiger partial charge in [-0.1, -0.05) is 0 Å². The minimum absolute atomic E-state index is 0.102. The molecule has 0 saturated heterocycles. The molecule has 0 rings (SSSR count). The maximum Gasteiger partial charge on any atom is 0.500 e. The van der Waals surface area contributed by atoms with Crippen molar-refractivity contribution < 1.29 is 13.3 Å². The summed E-state index contributed by atoms with van der Waals surface area (Å²) in [6.45, 7) is 1.55. The quantitative estimate of drug-likeness (QED) is 0.442. The first-order valence-corrected chi connectivity index (χ1v) is 7.49. The molecule has 6 nitrogen and oxygen atoms in total. The highest BCUT2D eigenvalue weighted by Gasteiger charge is 2.40. The molecule has 0 aromatic carbocycles. The first-order chi connectivity index (χ1) is 7.67. The van der Waals surface area contributed by atoms with Crippen LogP contribution in [-0.2, 0) is 13.3 Å². The number of hydrogen-bond acceptors (Lipinski definition) is 6. The monoisotopic (exact) mass is 251 g/mol. The van der Waals surface area contributed by atoms with Crippen molar-refractivity contribution >= 4 is 8.80 Å². The molecule has 16 heavy (non-hydrogen) atoms. The standard InChI is InChI=1S/C9H25N3O3Si/c1-13-16(14-2,7-3-5-10)15-9(8-12)4-6-11/h9H,3-8,10-12H2,1-2H3. The minimum atomic E-state index is -2.60. The van der Waals surface area contributed by atoms with Crippen LogP contribution in [0, 0.1) is 0 Å². The van der Waals surface area contributed by atoms with Crippen molar-refractivity contribution in [3.05, 3.63) is 0 Å². The number of hydrogen-bond donors (Lipinski definition) is 3. The fourth-order valence-electron chi connectivity index (χ4n) is 1.43. The number of rotatable bonds is 10. The van der Waals surface area contributed by atoms with Crippen LogP contribution in [0.4, 0.5) is 0 Å². The van der Waals surface area contributed by atoms with Gasteiger partial charge in [-0.25, -0.2) is 0 Å². The summed E-state index contributed by atoms with van der Waals surface area (Å²) in [5.41, 5.74) is 16.6. The predicted octanol–water partition coefficient (Wildman–Crippen LogP) is -0.740. The molecule has 0 amide bonds. The number of nitrogens with two attached hydrogens (primary N) is 3. The lowest BCUT2D eigenvalue weighted by molar-refractivity contribution is 0.0555. The van der Waals surface area contributed by atoms with E-state index >= 15 is 0 Å². The normalized spacial score (nSPS) is 14.1. The molecule has 0 aliphatic heterocycles. The SMILES string of the molecule is CO[Si](CCCN)(OC)OC(CN)CCN. The van der Waals surface area contributed by atoms with E-state index < -0.39 is 8.80 Å². The summed E-state index contributed by atoms with van der Waals surface area (Å²) in [5, 5.41) is 0. The zero-order valence-electron chi connectivity index (χ0n) is 10.3. The van der Waals surface area contributed by atoms with Crippen molar-refractivity contribution in [3.63, 3.8) is 0 Å². The Morgan fingerprint density at radius 3 is 2.06 bits per heavy atom. The van der Waals surface area contributed by atoms with Crippen molar-refractivity contribution in [3.8, 4) is 0 Å². The van der Waals surface area contributed by atoms with Crippen molar-refractivity contribution in [1.29, 1.82) is 0 Å². The molecule has 0 fully saturated rings. The Hall–Kier alpha value is -0.0231. The van der Waals surface area contributed by atoms with Gasteiger partial charge in [0.2, 0.25) is 0 Å². The van der Waals surface area contributed by atoms with E-state index in [0.717, 1.165) is 6.42 Å². The molecule has 1 atom stereocenters. The van der Waals surface area contributed by atoms with E-state index in [9.17, 15) is 0 Å². The molecule has 7 heteroatoms. The van der Waals surface area contributed by atoms with Gasteiger partial charge < -0.3 is 30.5 Å². The lowest BCUT2D eigenvalue weighted by Crippen LogP contribution is -2.49. The predicted molar refractivity (Wildman–Crippen MR) is 65.8 cm³/mol. The van der Waals surface area contributed by atoms with E-state index in [2.05, 4.69) is 0 Å². The Labute approximate surface area is 98.8 Å². The fourth-order valence-corrected chi connectivity index (χ4v) is 3.67. The lowest BCUT2D eigenvalue weighted by atomic mass is 10.3. The van der Waals surface area contributed by atoms with Gasteiger partial charge in [-0.15, -0.1) is 0 Å². The second kappa shape index (κ2) is 9.05. The van der Waals surface area contributed by atoms with Gasteiger partial charge in [0.25, 0.3) is 0 Å². The Kier molecular flexibility index (Phi) is 9.04. The fraction of sp³-hybridized carbons (Fsp3) is 1.00. The topological polar surface area (TPSA) is 106 Å². The zero-order valence-corrected chi connectivity index (χ0v) is 11.3. The van der Waals surface area contributed by atoms with E-state index in [0.29, 0.717) is 32.1 Å². The van der Waals surface area contributed by atoms with Gasteiger partial charge in [0.15, 0.2) is 0 Å². The van der Waals surface area contributed by atoms with E-state index in [1.54, 1.807) is 14.2 Å². The largest absolute Gasteiger partial charge is 0.500 e. The molecule has 0 aromatic rings. The van der Waals surface area contributed by atoms with E-state index in [1.807, 2.05) is 0 Å². The summed E-state index contributed by atoms with van der Waals surface area (Å²) in [4.78, 5) is 0. The molecular formula is C9H25N3O3Si. The van der Waals surface area contributed by atoms with Crippen LogP contribution in [0.3, 0.4) is 0 Å². The average Bonchev–Trinajstić information content (AvgIpc) is 2.33. The summed E-state index contributed by atoms with van der Waals surface area (Å²) in [6, 6.07) is 0.706. The van der Waals surface area contributed by atoms with Crippen LogP contribution in [0.2, 0.25) is 6.04 Å². The van der Waals surface area contributed by atoms with Crippen molar-refractivity contribution in [2.75, 3.05) is 33.9 Å². The molecule has 0 radical (unpaired) electrons. The minimum Gasteiger partial charge on any atom is -0.377 e. The van der Waals surface area contributed by atoms with Crippen molar-refractivity contribution in [2.24, 2.45) is 17.2 Å². The molecule has 0 saturated carbocycles. The summed E-state index contributed by atoms with van der Waals surface area (Å²) >= 11 is 0. The second-order valence-corrected chi connectivity index (χ2v) is 6.45. The van der Waals surface area contributed by atoms with Crippen LogP contribution >= 0.6 is 0 Å². The van der Waals surface area contributed by atoms with Crippen LogP contribution in [0.1, 0.15) is 12.8 Å². The third-order valence-corrected chi connectivity index (χ3v) is 5.31. The average molecular weight is 251 g/mol. The third kappa shape index (κ3) is 5.35. The van der Waals surface area contributed by atoms with Gasteiger partial charge in [0.05, 0.1) is 6.10 Å². The Balaban J connectivity index is 4.37. The van der Waals surface area contributed by atoms with Gasteiger partial charge in [-0.3, -0.25) is 0 Å². The first-order valence-electron chi connectivity index (χ1n) is 5.56. The molecule has 0 bridgehead atoms. The molecule has 1 unspecified atom stereocenters. The van der Waals surface area contributed by atoms with E-state index in [-0.39, 0.29) is 6.10 Å². The highest BCUT2D eigenvalue weighted by Crippen LogP contribution is 2.18. The molecule has 0 aliphatic carbocycles. The highest BCUT2D eigenvalue weighted by atomic mass is 28.4. The Bertz CT molecular complexity index is 170. The van der Waals surface area contributed by atoms with Crippen molar-refractivity contribution in [2.45, 2.75) is 25.0 Å².